The molecule has 0 aliphatic carbocycles. The Morgan fingerprint density at radius 2 is 2.44 bits per heavy atom. The molecule has 1 saturated heterocycles. The number of anilines is 1. The second kappa shape index (κ2) is 5.35. The van der Waals surface area contributed by atoms with Crippen molar-refractivity contribution in [2.45, 2.75) is 31.8 Å². The smallest absolute Gasteiger partial charge is 0.240 e. The van der Waals surface area contributed by atoms with Crippen LogP contribution < -0.4 is 16.4 Å². The summed E-state index contributed by atoms with van der Waals surface area (Å²) < 4.78 is 0. The summed E-state index contributed by atoms with van der Waals surface area (Å²) in [5.41, 5.74) is 12.5. The fourth-order valence-corrected chi connectivity index (χ4v) is 2.72. The van der Waals surface area contributed by atoms with Crippen LogP contribution in [-0.4, -0.2) is 29.5 Å². The van der Waals surface area contributed by atoms with Crippen LogP contribution in [-0.2, 0) is 4.79 Å². The first-order valence-electron chi connectivity index (χ1n) is 6.26. The Balaban J connectivity index is 2.32. The molecule has 2 rings (SSSR count). The summed E-state index contributed by atoms with van der Waals surface area (Å²) >= 11 is 0. The van der Waals surface area contributed by atoms with Crippen LogP contribution in [0.5, 0.6) is 0 Å². The molecule has 0 bridgehead atoms. The first-order valence-corrected chi connectivity index (χ1v) is 6.26. The number of hydrogen-bond acceptors (Lipinski definition) is 4. The lowest BCUT2D eigenvalue weighted by Gasteiger charge is -2.43. The topological polar surface area (TPSA) is 85.2 Å². The zero-order valence-electron chi connectivity index (χ0n) is 10.5. The largest absolute Gasteiger partial charge is 0.368 e. The van der Waals surface area contributed by atoms with Crippen molar-refractivity contribution in [1.29, 1.82) is 0 Å². The van der Waals surface area contributed by atoms with E-state index in [0.717, 1.165) is 18.5 Å². The molecule has 4 N–H and O–H groups in total. The molecule has 1 aliphatic heterocycles. The number of nitrogens with zero attached hydrogens (tertiary/aromatic N) is 2. The maximum absolute atomic E-state index is 11.7. The molecule has 0 aromatic carbocycles. The molecule has 0 saturated carbocycles. The second-order valence-electron chi connectivity index (χ2n) is 4.79. The van der Waals surface area contributed by atoms with Gasteiger partial charge >= 0.3 is 0 Å². The van der Waals surface area contributed by atoms with Crippen LogP contribution in [0, 0.1) is 12.0 Å². The number of piperidine rings is 1. The van der Waals surface area contributed by atoms with E-state index in [9.17, 15) is 4.79 Å². The summed E-state index contributed by atoms with van der Waals surface area (Å²) in [6, 6.07) is 4.64. The molecule has 1 amide bonds. The molecule has 1 aromatic heterocycles. The third kappa shape index (κ3) is 2.46. The number of hydrogen-bond donors (Lipinski definition) is 2. The van der Waals surface area contributed by atoms with E-state index in [1.807, 2.05) is 11.0 Å². The predicted octanol–water partition coefficient (Wildman–Crippen LogP) is 0.299. The minimum absolute atomic E-state index is 0.0621. The molecule has 1 aromatic rings. The number of carbonyl (C=O) groups excluding carboxylic acids is 1. The van der Waals surface area contributed by atoms with Gasteiger partial charge in [0.1, 0.15) is 6.04 Å². The van der Waals surface area contributed by atoms with Gasteiger partial charge in [-0.2, -0.15) is 0 Å². The molecule has 3 unspecified atom stereocenters. The molecule has 2 heterocycles. The lowest BCUT2D eigenvalue weighted by Crippen LogP contribution is -2.58. The first kappa shape index (κ1) is 12.8. The number of carbonyl (C=O) groups is 1. The van der Waals surface area contributed by atoms with Gasteiger partial charge in [-0.05, 0) is 18.4 Å². The fraction of sp³-hybridized carbons (Fsp3) is 0.538. The highest BCUT2D eigenvalue weighted by molar-refractivity contribution is 5.84. The van der Waals surface area contributed by atoms with E-state index in [1.165, 1.54) is 0 Å². The number of pyridine rings is 1. The van der Waals surface area contributed by atoms with Gasteiger partial charge in [0.15, 0.2) is 0 Å². The Hall–Kier alpha value is -1.62. The fourth-order valence-electron chi connectivity index (χ4n) is 2.72. The molecule has 5 nitrogen and oxygen atoms in total. The number of amides is 1. The van der Waals surface area contributed by atoms with Gasteiger partial charge in [-0.1, -0.05) is 13.3 Å². The zero-order valence-corrected chi connectivity index (χ0v) is 10.5. The highest BCUT2D eigenvalue weighted by Gasteiger charge is 2.37. The van der Waals surface area contributed by atoms with Gasteiger partial charge in [-0.15, -0.1) is 0 Å². The Morgan fingerprint density at radius 3 is 3.00 bits per heavy atom. The lowest BCUT2D eigenvalue weighted by atomic mass is 9.84. The molecule has 0 spiro atoms. The summed E-state index contributed by atoms with van der Waals surface area (Å²) in [5.74, 6) is -0.0909. The van der Waals surface area contributed by atoms with Crippen LogP contribution in [0.4, 0.5) is 5.69 Å². The lowest BCUT2D eigenvalue weighted by molar-refractivity contribution is -0.121. The molecule has 1 fully saturated rings. The Morgan fingerprint density at radius 1 is 1.67 bits per heavy atom. The maximum Gasteiger partial charge on any atom is 0.240 e. The monoisotopic (exact) mass is 247 g/mol. The number of nitrogens with two attached hydrogens (primary N) is 2. The first-order chi connectivity index (χ1) is 8.63. The van der Waals surface area contributed by atoms with Gasteiger partial charge in [-0.25, -0.2) is 0 Å². The second-order valence-corrected chi connectivity index (χ2v) is 4.79. The van der Waals surface area contributed by atoms with Gasteiger partial charge in [-0.3, -0.25) is 9.78 Å². The van der Waals surface area contributed by atoms with Crippen molar-refractivity contribution >= 4 is 11.6 Å². The van der Waals surface area contributed by atoms with Crippen molar-refractivity contribution < 1.29 is 4.79 Å². The van der Waals surface area contributed by atoms with E-state index in [1.54, 1.807) is 12.4 Å². The summed E-state index contributed by atoms with van der Waals surface area (Å²) in [4.78, 5) is 17.6. The van der Waals surface area contributed by atoms with Crippen molar-refractivity contribution in [3.05, 3.63) is 24.5 Å². The van der Waals surface area contributed by atoms with Crippen molar-refractivity contribution in [1.82, 2.24) is 4.98 Å². The molecular formula is C13H19N4O. The number of aromatic nitrogens is 1. The molecular weight excluding hydrogens is 228 g/mol. The normalized spacial score (nSPS) is 28.1. The van der Waals surface area contributed by atoms with Crippen LogP contribution in [0.15, 0.2) is 18.5 Å². The Kier molecular flexibility index (Phi) is 3.81. The number of rotatable bonds is 3. The van der Waals surface area contributed by atoms with Crippen LogP contribution in [0.1, 0.15) is 19.8 Å². The Bertz CT molecular complexity index is 409. The average Bonchev–Trinajstić information content (AvgIpc) is 2.38. The van der Waals surface area contributed by atoms with E-state index in [0.29, 0.717) is 6.54 Å². The van der Waals surface area contributed by atoms with E-state index >= 15 is 0 Å². The minimum atomic E-state index is -0.298. The summed E-state index contributed by atoms with van der Waals surface area (Å²) in [5, 5.41) is 0. The van der Waals surface area contributed by atoms with Crippen LogP contribution >= 0.6 is 0 Å². The van der Waals surface area contributed by atoms with E-state index in [-0.39, 0.29) is 23.9 Å². The molecule has 97 valence electrons. The van der Waals surface area contributed by atoms with Gasteiger partial charge < -0.3 is 16.4 Å². The van der Waals surface area contributed by atoms with Gasteiger partial charge in [0.25, 0.3) is 0 Å². The van der Waals surface area contributed by atoms with Crippen LogP contribution in [0.25, 0.3) is 0 Å². The van der Waals surface area contributed by atoms with Crippen molar-refractivity contribution in [2.75, 3.05) is 11.4 Å². The summed E-state index contributed by atoms with van der Waals surface area (Å²) in [6.45, 7) is 2.69. The Labute approximate surface area is 107 Å². The van der Waals surface area contributed by atoms with Crippen LogP contribution in [0.2, 0.25) is 0 Å². The van der Waals surface area contributed by atoms with E-state index < -0.39 is 0 Å². The summed E-state index contributed by atoms with van der Waals surface area (Å²) in [6.07, 6.45) is 5.01. The minimum Gasteiger partial charge on any atom is -0.368 e. The zero-order chi connectivity index (χ0) is 13.1. The number of primary amides is 1. The van der Waals surface area contributed by atoms with Crippen LogP contribution in [0.3, 0.4) is 0 Å². The highest BCUT2D eigenvalue weighted by Crippen LogP contribution is 2.29. The average molecular weight is 247 g/mol. The van der Waals surface area contributed by atoms with Crippen molar-refractivity contribution in [3.63, 3.8) is 0 Å². The summed E-state index contributed by atoms with van der Waals surface area (Å²) in [7, 11) is 0. The van der Waals surface area contributed by atoms with Gasteiger partial charge in [0.05, 0.1) is 0 Å². The predicted molar refractivity (Wildman–Crippen MR) is 69.8 cm³/mol. The van der Waals surface area contributed by atoms with Gasteiger partial charge in [0.2, 0.25) is 5.91 Å². The molecule has 1 radical (unpaired) electrons. The molecule has 5 heteroatoms. The quantitative estimate of drug-likeness (QED) is 0.804. The highest BCUT2D eigenvalue weighted by atomic mass is 16.1. The maximum atomic E-state index is 11.7. The van der Waals surface area contributed by atoms with Crippen molar-refractivity contribution in [3.8, 4) is 0 Å². The third-order valence-electron chi connectivity index (χ3n) is 3.55. The third-order valence-corrected chi connectivity index (χ3v) is 3.55. The molecule has 3 atom stereocenters. The SMILES string of the molecule is CCC1CC(N)CN(c2[c]cncc2)C1C(N)=O. The van der Waals surface area contributed by atoms with Gasteiger partial charge in [0, 0.05) is 36.7 Å². The van der Waals surface area contributed by atoms with E-state index in [4.69, 9.17) is 11.5 Å². The van der Waals surface area contributed by atoms with Crippen molar-refractivity contribution in [2.24, 2.45) is 17.4 Å². The van der Waals surface area contributed by atoms with E-state index in [2.05, 4.69) is 18.0 Å². The molecule has 1 aliphatic rings. The molecule has 18 heavy (non-hydrogen) atoms. The standard InChI is InChI=1S/C13H19N4O/c1-2-9-7-10(14)8-17(12(9)13(15)18)11-3-5-16-6-4-11/h3,5-6,9-10,12H,2,7-8,14H2,1H3,(H2,15,18).